The normalized spacial score (nSPS) is 43.6. The van der Waals surface area contributed by atoms with E-state index in [1.807, 2.05) is 27.7 Å². The predicted octanol–water partition coefficient (Wildman–Crippen LogP) is 1.27. The second-order valence-electron chi connectivity index (χ2n) is 4.24. The Morgan fingerprint density at radius 2 is 1.18 bits per heavy atom. The lowest BCUT2D eigenvalue weighted by molar-refractivity contribution is -0.0108. The summed E-state index contributed by atoms with van der Waals surface area (Å²) in [5, 5.41) is 0. The zero-order valence-corrected chi connectivity index (χ0v) is 7.38. The second kappa shape index (κ2) is 1.79. The van der Waals surface area contributed by atoms with E-state index < -0.39 is 0 Å². The lowest BCUT2D eigenvalue weighted by atomic mass is 10.2. The molecule has 64 valence electrons. The van der Waals surface area contributed by atoms with Gasteiger partial charge in [-0.25, -0.2) is 0 Å². The summed E-state index contributed by atoms with van der Waals surface area (Å²) in [4.78, 5) is 0. The third kappa shape index (κ3) is 1.28. The first-order valence-electron chi connectivity index (χ1n) is 3.93. The topological polar surface area (TPSA) is 34.3 Å². The largest absolute Gasteiger partial charge is 0.338 e. The summed E-state index contributed by atoms with van der Waals surface area (Å²) in [6.45, 7) is 8.03. The van der Waals surface area contributed by atoms with Crippen molar-refractivity contribution in [2.45, 2.75) is 51.5 Å². The van der Waals surface area contributed by atoms with E-state index in [2.05, 4.69) is 0 Å². The van der Waals surface area contributed by atoms with Crippen molar-refractivity contribution in [3.8, 4) is 0 Å². The van der Waals surface area contributed by atoms with Gasteiger partial charge in [0.15, 0.2) is 12.6 Å². The first-order valence-corrected chi connectivity index (χ1v) is 3.93. The van der Waals surface area contributed by atoms with Crippen molar-refractivity contribution in [3.63, 3.8) is 0 Å². The quantitative estimate of drug-likeness (QED) is 0.567. The molecule has 2 aliphatic rings. The van der Waals surface area contributed by atoms with Crippen molar-refractivity contribution in [1.82, 2.24) is 0 Å². The fourth-order valence-corrected chi connectivity index (χ4v) is 0.979. The standard InChI is InChI=1S/C8H14O3/c1-7(2)5(10-7)9-6-8(3,4)11-6/h5-6H,1-4H3. The third-order valence-corrected chi connectivity index (χ3v) is 2.09. The van der Waals surface area contributed by atoms with Gasteiger partial charge in [-0.3, -0.25) is 0 Å². The molecule has 11 heavy (non-hydrogen) atoms. The fourth-order valence-electron chi connectivity index (χ4n) is 0.979. The minimum atomic E-state index is -0.0952. The van der Waals surface area contributed by atoms with Crippen LogP contribution in [-0.4, -0.2) is 23.8 Å². The lowest BCUT2D eigenvalue weighted by Gasteiger charge is -1.97. The van der Waals surface area contributed by atoms with Gasteiger partial charge < -0.3 is 14.2 Å². The highest BCUT2D eigenvalue weighted by molar-refractivity contribution is 4.94. The van der Waals surface area contributed by atoms with Crippen LogP contribution in [0.1, 0.15) is 27.7 Å². The maximum absolute atomic E-state index is 5.46. The number of epoxide rings is 2. The molecule has 2 saturated heterocycles. The summed E-state index contributed by atoms with van der Waals surface area (Å²) >= 11 is 0. The smallest absolute Gasteiger partial charge is 0.190 e. The second-order valence-corrected chi connectivity index (χ2v) is 4.24. The maximum atomic E-state index is 5.46. The average molecular weight is 158 g/mol. The number of ether oxygens (including phenoxy) is 3. The third-order valence-electron chi connectivity index (χ3n) is 2.09. The van der Waals surface area contributed by atoms with E-state index in [0.29, 0.717) is 0 Å². The van der Waals surface area contributed by atoms with Gasteiger partial charge >= 0.3 is 0 Å². The van der Waals surface area contributed by atoms with Crippen molar-refractivity contribution in [1.29, 1.82) is 0 Å². The Kier molecular flexibility index (Phi) is 1.22. The van der Waals surface area contributed by atoms with E-state index in [-0.39, 0.29) is 23.8 Å². The summed E-state index contributed by atoms with van der Waals surface area (Å²) in [7, 11) is 0. The molecule has 3 heteroatoms. The van der Waals surface area contributed by atoms with Gasteiger partial charge in [-0.1, -0.05) is 0 Å². The van der Waals surface area contributed by atoms with Crippen LogP contribution in [0, 0.1) is 0 Å². The Balaban J connectivity index is 1.79. The van der Waals surface area contributed by atoms with Gasteiger partial charge in [-0.15, -0.1) is 0 Å². The van der Waals surface area contributed by atoms with E-state index in [4.69, 9.17) is 14.2 Å². The molecule has 2 atom stereocenters. The molecule has 2 heterocycles. The van der Waals surface area contributed by atoms with Crippen LogP contribution >= 0.6 is 0 Å². The monoisotopic (exact) mass is 158 g/mol. The molecule has 0 aromatic rings. The molecular formula is C8H14O3. The lowest BCUT2D eigenvalue weighted by Crippen LogP contribution is -2.13. The zero-order chi connectivity index (χ0) is 8.28. The predicted molar refractivity (Wildman–Crippen MR) is 39.0 cm³/mol. The Hall–Kier alpha value is -0.120. The molecule has 2 unspecified atom stereocenters. The van der Waals surface area contributed by atoms with Gasteiger partial charge in [-0.05, 0) is 27.7 Å². The van der Waals surface area contributed by atoms with Crippen LogP contribution in [-0.2, 0) is 14.2 Å². The molecule has 2 rings (SSSR count). The van der Waals surface area contributed by atoms with E-state index in [1.54, 1.807) is 0 Å². The van der Waals surface area contributed by atoms with Gasteiger partial charge in [-0.2, -0.15) is 0 Å². The van der Waals surface area contributed by atoms with Gasteiger partial charge in [0.2, 0.25) is 0 Å². The number of rotatable bonds is 2. The van der Waals surface area contributed by atoms with Gasteiger partial charge in [0.1, 0.15) is 11.2 Å². The van der Waals surface area contributed by atoms with E-state index in [9.17, 15) is 0 Å². The molecule has 0 aliphatic carbocycles. The molecule has 0 amide bonds. The van der Waals surface area contributed by atoms with E-state index in [0.717, 1.165) is 0 Å². The Morgan fingerprint density at radius 3 is 1.36 bits per heavy atom. The molecule has 2 aliphatic heterocycles. The van der Waals surface area contributed by atoms with Crippen LogP contribution in [0.5, 0.6) is 0 Å². The molecule has 0 aromatic heterocycles. The van der Waals surface area contributed by atoms with Crippen LogP contribution in [0.4, 0.5) is 0 Å². The van der Waals surface area contributed by atoms with Gasteiger partial charge in [0, 0.05) is 0 Å². The van der Waals surface area contributed by atoms with Crippen LogP contribution < -0.4 is 0 Å². The van der Waals surface area contributed by atoms with Crippen molar-refractivity contribution in [2.24, 2.45) is 0 Å². The van der Waals surface area contributed by atoms with Crippen molar-refractivity contribution in [3.05, 3.63) is 0 Å². The molecule has 0 N–H and O–H groups in total. The fraction of sp³-hybridized carbons (Fsp3) is 1.00. The molecular weight excluding hydrogens is 144 g/mol. The minimum absolute atomic E-state index is 0.0609. The summed E-state index contributed by atoms with van der Waals surface area (Å²) in [6, 6.07) is 0. The summed E-state index contributed by atoms with van der Waals surface area (Å²) < 4.78 is 16.0. The Bertz CT molecular complexity index is 166. The van der Waals surface area contributed by atoms with Gasteiger partial charge in [0.25, 0.3) is 0 Å². The highest BCUT2D eigenvalue weighted by Gasteiger charge is 2.58. The summed E-state index contributed by atoms with van der Waals surface area (Å²) in [5.41, 5.74) is -0.190. The molecule has 0 saturated carbocycles. The van der Waals surface area contributed by atoms with Crippen molar-refractivity contribution < 1.29 is 14.2 Å². The average Bonchev–Trinajstić information content (AvgIpc) is 2.54. The molecule has 0 bridgehead atoms. The Labute approximate surface area is 66.6 Å². The van der Waals surface area contributed by atoms with Crippen molar-refractivity contribution in [2.75, 3.05) is 0 Å². The van der Waals surface area contributed by atoms with Crippen LogP contribution in [0.2, 0.25) is 0 Å². The van der Waals surface area contributed by atoms with Crippen molar-refractivity contribution >= 4 is 0 Å². The highest BCUT2D eigenvalue weighted by atomic mass is 16.9. The highest BCUT2D eigenvalue weighted by Crippen LogP contribution is 2.44. The van der Waals surface area contributed by atoms with Gasteiger partial charge in [0.05, 0.1) is 0 Å². The van der Waals surface area contributed by atoms with Crippen LogP contribution in [0.3, 0.4) is 0 Å². The van der Waals surface area contributed by atoms with E-state index in [1.165, 1.54) is 0 Å². The maximum Gasteiger partial charge on any atom is 0.190 e. The van der Waals surface area contributed by atoms with Crippen LogP contribution in [0.15, 0.2) is 0 Å². The molecule has 0 spiro atoms. The van der Waals surface area contributed by atoms with Crippen LogP contribution in [0.25, 0.3) is 0 Å². The summed E-state index contributed by atoms with van der Waals surface area (Å²) in [5.74, 6) is 0. The summed E-state index contributed by atoms with van der Waals surface area (Å²) in [6.07, 6.45) is -0.122. The first-order chi connectivity index (χ1) is 4.92. The molecule has 0 aromatic carbocycles. The SMILES string of the molecule is CC1(C)OC1OC1OC1(C)C. The molecule has 3 nitrogen and oxygen atoms in total. The molecule has 2 fully saturated rings. The number of hydrogen-bond donors (Lipinski definition) is 0. The zero-order valence-electron chi connectivity index (χ0n) is 7.38. The number of hydrogen-bond acceptors (Lipinski definition) is 3. The minimum Gasteiger partial charge on any atom is -0.338 e. The molecule has 0 radical (unpaired) electrons. The van der Waals surface area contributed by atoms with E-state index >= 15 is 0 Å². The Morgan fingerprint density at radius 1 is 0.909 bits per heavy atom. The first kappa shape index (κ1) is 7.53.